The van der Waals surface area contributed by atoms with Crippen molar-refractivity contribution in [1.29, 1.82) is 0 Å². The zero-order chi connectivity index (χ0) is 13.8. The highest BCUT2D eigenvalue weighted by molar-refractivity contribution is 7.10. The van der Waals surface area contributed by atoms with E-state index in [2.05, 4.69) is 5.32 Å². The van der Waals surface area contributed by atoms with Crippen LogP contribution < -0.4 is 5.32 Å². The van der Waals surface area contributed by atoms with E-state index in [9.17, 15) is 9.90 Å². The number of halogens is 1. The van der Waals surface area contributed by atoms with Gasteiger partial charge in [0.15, 0.2) is 0 Å². The predicted molar refractivity (Wildman–Crippen MR) is 77.7 cm³/mol. The monoisotopic (exact) mass is 295 g/mol. The van der Waals surface area contributed by atoms with Crippen LogP contribution in [-0.2, 0) is 4.79 Å². The lowest BCUT2D eigenvalue weighted by atomic mass is 10.1. The molecule has 2 rings (SSSR count). The van der Waals surface area contributed by atoms with Gasteiger partial charge in [-0.1, -0.05) is 29.8 Å². The highest BCUT2D eigenvalue weighted by Crippen LogP contribution is 2.24. The van der Waals surface area contributed by atoms with Gasteiger partial charge < -0.3 is 5.11 Å². The molecule has 3 nitrogen and oxygen atoms in total. The van der Waals surface area contributed by atoms with Crippen LogP contribution in [-0.4, -0.2) is 11.1 Å². The first-order chi connectivity index (χ1) is 9.08. The minimum Gasteiger partial charge on any atom is -0.480 e. The summed E-state index contributed by atoms with van der Waals surface area (Å²) in [6.45, 7) is 1.95. The summed E-state index contributed by atoms with van der Waals surface area (Å²) in [7, 11) is 0. The van der Waals surface area contributed by atoms with E-state index in [1.165, 1.54) is 0 Å². The number of carbonyl (C=O) groups is 1. The first-order valence-corrected chi connectivity index (χ1v) is 7.11. The Bertz CT molecular complexity index is 556. The van der Waals surface area contributed by atoms with Gasteiger partial charge in [0.25, 0.3) is 0 Å². The van der Waals surface area contributed by atoms with Crippen LogP contribution in [0.25, 0.3) is 0 Å². The fraction of sp³-hybridized carbons (Fsp3) is 0.214. The summed E-state index contributed by atoms with van der Waals surface area (Å²) in [5.41, 5.74) is 0.656. The molecule has 0 aliphatic rings. The fourth-order valence-electron chi connectivity index (χ4n) is 1.87. The van der Waals surface area contributed by atoms with Gasteiger partial charge in [0.2, 0.25) is 0 Å². The molecule has 0 radical (unpaired) electrons. The van der Waals surface area contributed by atoms with Gasteiger partial charge in [-0.05, 0) is 36.1 Å². The summed E-state index contributed by atoms with van der Waals surface area (Å²) in [5.74, 6) is -0.911. The number of aliphatic carboxylic acids is 1. The fourth-order valence-corrected chi connectivity index (χ4v) is 2.81. The van der Waals surface area contributed by atoms with Crippen LogP contribution >= 0.6 is 22.9 Å². The van der Waals surface area contributed by atoms with E-state index >= 15 is 0 Å². The van der Waals surface area contributed by atoms with Gasteiger partial charge in [0.05, 0.1) is 0 Å². The standard InChI is InChI=1S/C14H14ClNO2S/c1-9(12-6-3-7-19-12)16-13(14(17)18)10-4-2-5-11(15)8-10/h2-9,13,16H,1H3,(H,17,18). The van der Waals surface area contributed by atoms with Gasteiger partial charge >= 0.3 is 5.97 Å². The summed E-state index contributed by atoms with van der Waals surface area (Å²) in [5, 5.41) is 15.0. The maximum absolute atomic E-state index is 11.4. The summed E-state index contributed by atoms with van der Waals surface area (Å²) in [6, 6.07) is 10.1. The number of thiophene rings is 1. The Labute approximate surface area is 120 Å². The van der Waals surface area contributed by atoms with E-state index in [0.29, 0.717) is 10.6 Å². The van der Waals surface area contributed by atoms with Crippen LogP contribution in [0.15, 0.2) is 41.8 Å². The lowest BCUT2D eigenvalue weighted by Gasteiger charge is -2.19. The molecule has 0 fully saturated rings. The highest BCUT2D eigenvalue weighted by Gasteiger charge is 2.22. The molecular weight excluding hydrogens is 282 g/mol. The van der Waals surface area contributed by atoms with Crippen molar-refractivity contribution in [3.8, 4) is 0 Å². The SMILES string of the molecule is CC(NC(C(=O)O)c1cccc(Cl)c1)c1cccs1. The van der Waals surface area contributed by atoms with Crippen molar-refractivity contribution in [1.82, 2.24) is 5.32 Å². The minimum absolute atomic E-state index is 0.0277. The zero-order valence-corrected chi connectivity index (χ0v) is 11.9. The highest BCUT2D eigenvalue weighted by atomic mass is 35.5. The number of rotatable bonds is 5. The molecule has 0 bridgehead atoms. The van der Waals surface area contributed by atoms with Crippen molar-refractivity contribution < 1.29 is 9.90 Å². The molecule has 1 aromatic heterocycles. The van der Waals surface area contributed by atoms with Gasteiger partial charge in [0, 0.05) is 15.9 Å². The molecule has 0 saturated carbocycles. The first-order valence-electron chi connectivity index (χ1n) is 5.85. The largest absolute Gasteiger partial charge is 0.480 e. The Morgan fingerprint density at radius 2 is 2.16 bits per heavy atom. The van der Waals surface area contributed by atoms with Gasteiger partial charge in [-0.15, -0.1) is 11.3 Å². The minimum atomic E-state index is -0.911. The lowest BCUT2D eigenvalue weighted by Crippen LogP contribution is -2.30. The van der Waals surface area contributed by atoms with Crippen LogP contribution in [0.3, 0.4) is 0 Å². The first kappa shape index (κ1) is 14.1. The van der Waals surface area contributed by atoms with Crippen molar-refractivity contribution in [2.75, 3.05) is 0 Å². The topological polar surface area (TPSA) is 49.3 Å². The molecule has 2 atom stereocenters. The molecule has 0 aliphatic carbocycles. The normalized spacial score (nSPS) is 14.0. The van der Waals surface area contributed by atoms with Crippen molar-refractivity contribution >= 4 is 28.9 Å². The lowest BCUT2D eigenvalue weighted by molar-refractivity contribution is -0.139. The molecule has 0 spiro atoms. The second kappa shape index (κ2) is 6.19. The van der Waals surface area contributed by atoms with E-state index in [4.69, 9.17) is 11.6 Å². The molecule has 2 N–H and O–H groups in total. The Morgan fingerprint density at radius 1 is 1.37 bits per heavy atom. The molecule has 0 saturated heterocycles. The van der Waals surface area contributed by atoms with Crippen molar-refractivity contribution in [3.63, 3.8) is 0 Å². The third kappa shape index (κ3) is 3.56. The van der Waals surface area contributed by atoms with Crippen LogP contribution in [0, 0.1) is 0 Å². The number of carboxylic acid groups (broad SMARTS) is 1. The van der Waals surface area contributed by atoms with E-state index < -0.39 is 12.0 Å². The second-order valence-electron chi connectivity index (χ2n) is 4.23. The van der Waals surface area contributed by atoms with Crippen LogP contribution in [0.2, 0.25) is 5.02 Å². The number of carboxylic acids is 1. The summed E-state index contributed by atoms with van der Waals surface area (Å²) < 4.78 is 0. The van der Waals surface area contributed by atoms with Crippen LogP contribution in [0.5, 0.6) is 0 Å². The van der Waals surface area contributed by atoms with E-state index in [1.54, 1.807) is 35.6 Å². The number of hydrogen-bond acceptors (Lipinski definition) is 3. The molecule has 100 valence electrons. The van der Waals surface area contributed by atoms with Crippen molar-refractivity contribution in [3.05, 3.63) is 57.2 Å². The Hall–Kier alpha value is -1.36. The molecule has 5 heteroatoms. The van der Waals surface area contributed by atoms with E-state index in [1.807, 2.05) is 24.4 Å². The molecule has 2 aromatic rings. The van der Waals surface area contributed by atoms with Gasteiger partial charge in [-0.25, -0.2) is 0 Å². The van der Waals surface area contributed by atoms with Gasteiger partial charge in [-0.3, -0.25) is 10.1 Å². The molecule has 0 amide bonds. The summed E-state index contributed by atoms with van der Waals surface area (Å²) >= 11 is 7.51. The quantitative estimate of drug-likeness (QED) is 0.880. The maximum Gasteiger partial charge on any atom is 0.325 e. The van der Waals surface area contributed by atoms with E-state index in [-0.39, 0.29) is 6.04 Å². The molecule has 19 heavy (non-hydrogen) atoms. The van der Waals surface area contributed by atoms with Gasteiger partial charge in [0.1, 0.15) is 6.04 Å². The molecular formula is C14H14ClNO2S. The number of benzene rings is 1. The second-order valence-corrected chi connectivity index (χ2v) is 5.65. The third-order valence-corrected chi connectivity index (χ3v) is 4.11. The average Bonchev–Trinajstić information content (AvgIpc) is 2.89. The molecule has 1 heterocycles. The van der Waals surface area contributed by atoms with Crippen LogP contribution in [0.1, 0.15) is 29.4 Å². The number of hydrogen-bond donors (Lipinski definition) is 2. The Kier molecular flexibility index (Phi) is 4.58. The molecule has 1 aromatic carbocycles. The summed E-state index contributed by atoms with van der Waals surface area (Å²) in [6.07, 6.45) is 0. The summed E-state index contributed by atoms with van der Waals surface area (Å²) in [4.78, 5) is 12.5. The zero-order valence-electron chi connectivity index (χ0n) is 10.3. The smallest absolute Gasteiger partial charge is 0.325 e. The Morgan fingerprint density at radius 3 is 2.74 bits per heavy atom. The number of nitrogens with one attached hydrogen (secondary N) is 1. The Balaban J connectivity index is 2.19. The maximum atomic E-state index is 11.4. The van der Waals surface area contributed by atoms with Crippen LogP contribution in [0.4, 0.5) is 0 Å². The molecule has 2 unspecified atom stereocenters. The third-order valence-electron chi connectivity index (χ3n) is 2.82. The molecule has 0 aliphatic heterocycles. The average molecular weight is 296 g/mol. The van der Waals surface area contributed by atoms with Gasteiger partial charge in [-0.2, -0.15) is 0 Å². The van der Waals surface area contributed by atoms with E-state index in [0.717, 1.165) is 4.88 Å². The van der Waals surface area contributed by atoms with Crippen molar-refractivity contribution in [2.24, 2.45) is 0 Å². The predicted octanol–water partition coefficient (Wildman–Crippen LogP) is 3.88. The van der Waals surface area contributed by atoms with Crippen molar-refractivity contribution in [2.45, 2.75) is 19.0 Å².